The summed E-state index contributed by atoms with van der Waals surface area (Å²) in [6, 6.07) is 0. The van der Waals surface area contributed by atoms with Crippen molar-refractivity contribution in [3.05, 3.63) is 0 Å². The molecule has 0 spiro atoms. The van der Waals surface area contributed by atoms with Crippen LogP contribution in [0.2, 0.25) is 0 Å². The summed E-state index contributed by atoms with van der Waals surface area (Å²) in [6.45, 7) is 0. The molecule has 0 aliphatic carbocycles. The van der Waals surface area contributed by atoms with Gasteiger partial charge in [0, 0.05) is 0 Å². The minimum Gasteiger partial charge on any atom is -2.00 e. The first-order valence-corrected chi connectivity index (χ1v) is 1.11. The van der Waals surface area contributed by atoms with Gasteiger partial charge in [-0.05, 0) is 0 Å². The Morgan fingerprint density at radius 1 is 1.00 bits per heavy atom. The zero-order valence-corrected chi connectivity index (χ0v) is 6.03. The molecule has 0 bridgehead atoms. The van der Waals surface area contributed by atoms with Gasteiger partial charge in [0.1, 0.15) is 0 Å². The van der Waals surface area contributed by atoms with Crippen LogP contribution in [-0.2, 0) is 15.1 Å². The number of rotatable bonds is 0. The summed E-state index contributed by atoms with van der Waals surface area (Å²) in [4.78, 5) is 18.2. The van der Waals surface area contributed by atoms with E-state index in [1.807, 2.05) is 0 Å². The van der Waals surface area contributed by atoms with E-state index < -0.39 is 11.9 Å². The van der Waals surface area contributed by atoms with Gasteiger partial charge < -0.3 is 15.7 Å². The summed E-state index contributed by atoms with van der Waals surface area (Å²) >= 11 is 0. The third-order valence-corrected chi connectivity index (χ3v) is 0.183. The van der Waals surface area contributed by atoms with Crippen molar-refractivity contribution >= 4 is 49.7 Å². The van der Waals surface area contributed by atoms with Crippen LogP contribution in [0, 0.1) is 0 Å². The number of carboxylic acids is 2. The molecular formula is C2H2CaO5. The molecule has 0 heterocycles. The summed E-state index contributed by atoms with van der Waals surface area (Å²) in [5, 5.41) is 14.8. The Labute approximate surface area is 74.6 Å². The number of hydrogen-bond acceptors (Lipinski definition) is 2. The molecule has 0 fully saturated rings. The van der Waals surface area contributed by atoms with E-state index in [0.717, 1.165) is 0 Å². The molecule has 0 aliphatic heterocycles. The van der Waals surface area contributed by atoms with Gasteiger partial charge in [0.2, 0.25) is 0 Å². The zero-order valence-electron chi connectivity index (χ0n) is 3.83. The van der Waals surface area contributed by atoms with Gasteiger partial charge in [0.05, 0.1) is 0 Å². The van der Waals surface area contributed by atoms with Crippen molar-refractivity contribution in [1.29, 1.82) is 0 Å². The number of aliphatic carboxylic acids is 2. The fourth-order valence-electron chi connectivity index (χ4n) is 0. The van der Waals surface area contributed by atoms with Crippen LogP contribution in [0.15, 0.2) is 0 Å². The molecular weight excluding hydrogens is 144 g/mol. The minimum atomic E-state index is -1.82. The smallest absolute Gasteiger partial charge is 2.00 e. The number of carbonyl (C=O) groups is 2. The Morgan fingerprint density at radius 3 is 1.12 bits per heavy atom. The van der Waals surface area contributed by atoms with E-state index in [4.69, 9.17) is 19.8 Å². The molecule has 0 saturated carbocycles. The first-order valence-electron chi connectivity index (χ1n) is 1.11. The summed E-state index contributed by atoms with van der Waals surface area (Å²) in [5.74, 6) is -3.65. The van der Waals surface area contributed by atoms with Crippen molar-refractivity contribution in [2.75, 3.05) is 0 Å². The Morgan fingerprint density at radius 2 is 1.12 bits per heavy atom. The molecule has 0 saturated heterocycles. The van der Waals surface area contributed by atoms with E-state index >= 15 is 0 Å². The summed E-state index contributed by atoms with van der Waals surface area (Å²) in [7, 11) is 0. The Hall–Kier alpha value is 0.160. The van der Waals surface area contributed by atoms with E-state index in [0.29, 0.717) is 0 Å². The second kappa shape index (κ2) is 7.16. The molecule has 0 rings (SSSR count). The molecule has 0 amide bonds. The average molecular weight is 146 g/mol. The molecule has 0 aromatic heterocycles. The van der Waals surface area contributed by atoms with Crippen molar-refractivity contribution in [3.63, 3.8) is 0 Å². The predicted octanol–water partition coefficient (Wildman–Crippen LogP) is -1.34. The topological polar surface area (TPSA) is 103 Å². The first kappa shape index (κ1) is 15.7. The van der Waals surface area contributed by atoms with Crippen LogP contribution in [-0.4, -0.2) is 59.9 Å². The maximum Gasteiger partial charge on any atom is 2.00 e. The zero-order chi connectivity index (χ0) is 5.15. The van der Waals surface area contributed by atoms with E-state index in [9.17, 15) is 0 Å². The van der Waals surface area contributed by atoms with Gasteiger partial charge in [-0.25, -0.2) is 9.59 Å². The first-order chi connectivity index (χ1) is 2.64. The van der Waals surface area contributed by atoms with Crippen LogP contribution in [0.4, 0.5) is 0 Å². The molecule has 0 atom stereocenters. The maximum atomic E-state index is 9.10. The van der Waals surface area contributed by atoms with E-state index in [1.54, 1.807) is 0 Å². The molecule has 0 unspecified atom stereocenters. The van der Waals surface area contributed by atoms with Crippen LogP contribution in [0.3, 0.4) is 0 Å². The molecule has 5 nitrogen and oxygen atoms in total. The largest absolute Gasteiger partial charge is 2.00 e. The van der Waals surface area contributed by atoms with Crippen molar-refractivity contribution in [3.8, 4) is 0 Å². The summed E-state index contributed by atoms with van der Waals surface area (Å²) in [6.07, 6.45) is 0. The Bertz CT molecular complexity index is 76.4. The standard InChI is InChI=1S/C2H2O4.Ca.O/c3-1(4)2(5)6;;/h(H,3,4)(H,5,6);;/q;+2;-2. The monoisotopic (exact) mass is 146 g/mol. The third kappa shape index (κ3) is 9.48. The average Bonchev–Trinajstić information content (AvgIpc) is 1.36. The quantitative estimate of drug-likeness (QED) is 0.326. The number of carboxylic acid groups (broad SMARTS) is 2. The van der Waals surface area contributed by atoms with Gasteiger partial charge in [0.15, 0.2) is 0 Å². The van der Waals surface area contributed by atoms with E-state index in [1.165, 1.54) is 0 Å². The maximum absolute atomic E-state index is 9.10. The van der Waals surface area contributed by atoms with Crippen molar-refractivity contribution in [1.82, 2.24) is 0 Å². The normalized spacial score (nSPS) is 5.50. The molecule has 0 aromatic rings. The van der Waals surface area contributed by atoms with Gasteiger partial charge in [-0.1, -0.05) is 0 Å². The fourth-order valence-corrected chi connectivity index (χ4v) is 0. The van der Waals surface area contributed by atoms with Crippen LogP contribution >= 0.6 is 0 Å². The Balaban J connectivity index is -0.000000125. The van der Waals surface area contributed by atoms with Crippen LogP contribution < -0.4 is 0 Å². The molecule has 6 heteroatoms. The molecule has 8 heavy (non-hydrogen) atoms. The van der Waals surface area contributed by atoms with Crippen LogP contribution in [0.1, 0.15) is 0 Å². The van der Waals surface area contributed by atoms with E-state index in [-0.39, 0.29) is 43.2 Å². The minimum absolute atomic E-state index is 0. The Kier molecular flexibility index (Phi) is 14.1. The van der Waals surface area contributed by atoms with Crippen molar-refractivity contribution in [2.45, 2.75) is 0 Å². The van der Waals surface area contributed by atoms with Gasteiger partial charge in [0.25, 0.3) is 0 Å². The molecule has 0 radical (unpaired) electrons. The van der Waals surface area contributed by atoms with Gasteiger partial charge in [-0.3, -0.25) is 0 Å². The SMILES string of the molecule is O=C(O)C(=O)O.[Ca+2].[O-2]. The summed E-state index contributed by atoms with van der Waals surface area (Å²) < 4.78 is 0. The second-order valence-corrected chi connectivity index (χ2v) is 0.610. The number of hydrogen-bond donors (Lipinski definition) is 2. The molecule has 0 aliphatic rings. The van der Waals surface area contributed by atoms with Crippen molar-refractivity contribution < 1.29 is 25.3 Å². The van der Waals surface area contributed by atoms with E-state index in [2.05, 4.69) is 0 Å². The fraction of sp³-hybridized carbons (Fsp3) is 0. The van der Waals surface area contributed by atoms with Gasteiger partial charge in [-0.2, -0.15) is 0 Å². The molecule has 42 valence electrons. The predicted molar refractivity (Wildman–Crippen MR) is 21.7 cm³/mol. The third-order valence-electron chi connectivity index (χ3n) is 0.183. The van der Waals surface area contributed by atoms with Crippen LogP contribution in [0.25, 0.3) is 0 Å². The molecule has 0 aromatic carbocycles. The van der Waals surface area contributed by atoms with Crippen molar-refractivity contribution in [2.24, 2.45) is 0 Å². The van der Waals surface area contributed by atoms with Gasteiger partial charge in [-0.15, -0.1) is 0 Å². The second-order valence-electron chi connectivity index (χ2n) is 0.610. The summed E-state index contributed by atoms with van der Waals surface area (Å²) in [5.41, 5.74) is 0. The molecule has 2 N–H and O–H groups in total. The van der Waals surface area contributed by atoms with Gasteiger partial charge >= 0.3 is 49.7 Å². The van der Waals surface area contributed by atoms with Crippen LogP contribution in [0.5, 0.6) is 0 Å².